The number of hydrogen-bond acceptors (Lipinski definition) is 6. The smallest absolute Gasteiger partial charge is 0.256 e. The van der Waals surface area contributed by atoms with Gasteiger partial charge in [-0.2, -0.15) is 18.3 Å². The SMILES string of the molecule is Cc1cc(C(F)(F)F)nc2sc3c(ncn4nc(Cn5nc(C(F)F)cc5C(F)F)nc34)c12. The summed E-state index contributed by atoms with van der Waals surface area (Å²) in [5.74, 6) is -0.0202. The van der Waals surface area contributed by atoms with Crippen molar-refractivity contribution in [2.45, 2.75) is 32.5 Å². The third-order valence-electron chi connectivity index (χ3n) is 4.87. The first kappa shape index (κ1) is 21.5. The third kappa shape index (κ3) is 3.55. The molecule has 5 aromatic heterocycles. The standard InChI is InChI=1S/C18H10F7N7S/c1-6-2-9(18(23,24)25)27-17-11(6)12-13(33-17)16-28-10(30-32(16)5-26-12)4-31-8(15(21)22)3-7(29-31)14(19)20/h2-3,5,14-15H,4H2,1H3. The molecule has 15 heteroatoms. The van der Waals surface area contributed by atoms with E-state index >= 15 is 0 Å². The molecule has 0 atom stereocenters. The van der Waals surface area contributed by atoms with Gasteiger partial charge in [-0.1, -0.05) is 0 Å². The molecule has 172 valence electrons. The second kappa shape index (κ2) is 7.33. The summed E-state index contributed by atoms with van der Waals surface area (Å²) >= 11 is 0.933. The molecule has 5 aromatic rings. The Balaban J connectivity index is 1.63. The first-order chi connectivity index (χ1) is 15.5. The minimum absolute atomic E-state index is 0.0202. The molecular formula is C18H10F7N7S. The van der Waals surface area contributed by atoms with E-state index in [1.54, 1.807) is 0 Å². The van der Waals surface area contributed by atoms with Gasteiger partial charge in [0.2, 0.25) is 0 Å². The Morgan fingerprint density at radius 3 is 2.45 bits per heavy atom. The quantitative estimate of drug-likeness (QED) is 0.319. The zero-order chi connectivity index (χ0) is 23.7. The second-order valence-electron chi connectivity index (χ2n) is 7.08. The van der Waals surface area contributed by atoms with Crippen LogP contribution in [0.4, 0.5) is 30.7 Å². The van der Waals surface area contributed by atoms with Gasteiger partial charge in [-0.3, -0.25) is 4.68 Å². The lowest BCUT2D eigenvalue weighted by atomic mass is 10.1. The van der Waals surface area contributed by atoms with Crippen LogP contribution in [-0.4, -0.2) is 34.3 Å². The molecule has 0 radical (unpaired) electrons. The predicted molar refractivity (Wildman–Crippen MR) is 102 cm³/mol. The van der Waals surface area contributed by atoms with Crippen LogP contribution >= 0.6 is 11.3 Å². The summed E-state index contributed by atoms with van der Waals surface area (Å²) in [6.07, 6.45) is -9.42. The van der Waals surface area contributed by atoms with Crippen molar-refractivity contribution in [1.82, 2.24) is 34.3 Å². The Bertz CT molecular complexity index is 1520. The Hall–Kier alpha value is -3.36. The van der Waals surface area contributed by atoms with Crippen molar-refractivity contribution in [3.8, 4) is 0 Å². The summed E-state index contributed by atoms with van der Waals surface area (Å²) < 4.78 is 94.0. The number of nitrogens with zero attached hydrogens (tertiary/aromatic N) is 7. The summed E-state index contributed by atoms with van der Waals surface area (Å²) in [7, 11) is 0. The van der Waals surface area contributed by atoms with Gasteiger partial charge in [0, 0.05) is 5.39 Å². The maximum atomic E-state index is 13.2. The van der Waals surface area contributed by atoms with Crippen LogP contribution < -0.4 is 0 Å². The minimum atomic E-state index is -4.62. The van der Waals surface area contributed by atoms with Crippen LogP contribution in [0.25, 0.3) is 26.1 Å². The van der Waals surface area contributed by atoms with Crippen molar-refractivity contribution in [2.75, 3.05) is 0 Å². The van der Waals surface area contributed by atoms with Gasteiger partial charge in [-0.25, -0.2) is 37.0 Å². The molecule has 0 unspecified atom stereocenters. The molecule has 5 heterocycles. The molecule has 7 nitrogen and oxygen atoms in total. The van der Waals surface area contributed by atoms with Crippen molar-refractivity contribution >= 4 is 37.4 Å². The molecule has 0 saturated heterocycles. The molecule has 0 aliphatic heterocycles. The average molecular weight is 489 g/mol. The fraction of sp³-hybridized carbons (Fsp3) is 0.278. The highest BCUT2D eigenvalue weighted by Gasteiger charge is 2.34. The number of aromatic nitrogens is 7. The van der Waals surface area contributed by atoms with Gasteiger partial charge in [0.05, 0.1) is 5.52 Å². The highest BCUT2D eigenvalue weighted by molar-refractivity contribution is 7.26. The van der Waals surface area contributed by atoms with Crippen molar-refractivity contribution < 1.29 is 30.7 Å². The van der Waals surface area contributed by atoms with E-state index in [4.69, 9.17) is 0 Å². The number of pyridine rings is 1. The van der Waals surface area contributed by atoms with Crippen LogP contribution in [0.1, 0.15) is 41.3 Å². The molecule has 0 fully saturated rings. The third-order valence-corrected chi connectivity index (χ3v) is 5.94. The number of hydrogen-bond donors (Lipinski definition) is 0. The molecule has 0 saturated carbocycles. The number of rotatable bonds is 4. The van der Waals surface area contributed by atoms with Crippen LogP contribution in [0, 0.1) is 6.92 Å². The Morgan fingerprint density at radius 2 is 1.79 bits per heavy atom. The summed E-state index contributed by atoms with van der Waals surface area (Å²) in [6.45, 7) is 1.09. The maximum absolute atomic E-state index is 13.2. The summed E-state index contributed by atoms with van der Waals surface area (Å²) in [5.41, 5.74) is -1.64. The van der Waals surface area contributed by atoms with E-state index < -0.39 is 42.7 Å². The van der Waals surface area contributed by atoms with E-state index in [1.165, 1.54) is 17.8 Å². The lowest BCUT2D eigenvalue weighted by Gasteiger charge is -2.06. The largest absolute Gasteiger partial charge is 0.433 e. The monoisotopic (exact) mass is 489 g/mol. The van der Waals surface area contributed by atoms with Crippen LogP contribution in [0.3, 0.4) is 0 Å². The van der Waals surface area contributed by atoms with Crippen molar-refractivity contribution in [3.63, 3.8) is 0 Å². The zero-order valence-corrected chi connectivity index (χ0v) is 17.1. The van der Waals surface area contributed by atoms with E-state index in [0.717, 1.165) is 17.4 Å². The fourth-order valence-corrected chi connectivity index (χ4v) is 4.64. The van der Waals surface area contributed by atoms with E-state index in [2.05, 4.69) is 25.1 Å². The second-order valence-corrected chi connectivity index (χ2v) is 8.08. The van der Waals surface area contributed by atoms with Gasteiger partial charge in [0.15, 0.2) is 11.5 Å². The molecule has 33 heavy (non-hydrogen) atoms. The molecular weight excluding hydrogens is 479 g/mol. The molecule has 0 spiro atoms. The number of fused-ring (bicyclic) bond motifs is 5. The van der Waals surface area contributed by atoms with Crippen LogP contribution in [0.15, 0.2) is 18.5 Å². The topological polar surface area (TPSA) is 73.8 Å². The lowest BCUT2D eigenvalue weighted by Crippen LogP contribution is -2.08. The van der Waals surface area contributed by atoms with Gasteiger partial charge >= 0.3 is 6.18 Å². The first-order valence-corrected chi connectivity index (χ1v) is 10.00. The van der Waals surface area contributed by atoms with Crippen molar-refractivity contribution in [1.29, 1.82) is 0 Å². The van der Waals surface area contributed by atoms with Crippen LogP contribution in [-0.2, 0) is 12.7 Å². The minimum Gasteiger partial charge on any atom is -0.256 e. The molecule has 0 amide bonds. The Kier molecular flexibility index (Phi) is 4.77. The van der Waals surface area contributed by atoms with E-state index in [1.807, 2.05) is 0 Å². The van der Waals surface area contributed by atoms with Gasteiger partial charge in [0.25, 0.3) is 12.9 Å². The van der Waals surface area contributed by atoms with Gasteiger partial charge in [-0.15, -0.1) is 16.4 Å². The Morgan fingerprint density at radius 1 is 1.03 bits per heavy atom. The Labute approximate surface area is 182 Å². The fourth-order valence-electron chi connectivity index (χ4n) is 3.46. The molecule has 0 N–H and O–H groups in total. The molecule has 0 aliphatic carbocycles. The molecule has 0 aromatic carbocycles. The highest BCUT2D eigenvalue weighted by atomic mass is 32.1. The highest BCUT2D eigenvalue weighted by Crippen LogP contribution is 2.38. The lowest BCUT2D eigenvalue weighted by molar-refractivity contribution is -0.141. The average Bonchev–Trinajstić information content (AvgIpc) is 3.41. The van der Waals surface area contributed by atoms with Crippen LogP contribution in [0.2, 0.25) is 0 Å². The number of thiophene rings is 1. The van der Waals surface area contributed by atoms with Crippen molar-refractivity contribution in [3.05, 3.63) is 46.9 Å². The number of halogens is 7. The zero-order valence-electron chi connectivity index (χ0n) is 16.3. The number of alkyl halides is 7. The van der Waals surface area contributed by atoms with E-state index in [-0.39, 0.29) is 16.3 Å². The molecule has 5 rings (SSSR count). The van der Waals surface area contributed by atoms with Gasteiger partial charge in [0.1, 0.15) is 39.5 Å². The van der Waals surface area contributed by atoms with Crippen LogP contribution in [0.5, 0.6) is 0 Å². The van der Waals surface area contributed by atoms with Crippen molar-refractivity contribution in [2.24, 2.45) is 0 Å². The first-order valence-electron chi connectivity index (χ1n) is 9.18. The van der Waals surface area contributed by atoms with Gasteiger partial charge in [-0.05, 0) is 24.6 Å². The van der Waals surface area contributed by atoms with E-state index in [0.29, 0.717) is 31.9 Å². The predicted octanol–water partition coefficient (Wildman–Crippen LogP) is 5.33. The van der Waals surface area contributed by atoms with E-state index in [9.17, 15) is 30.7 Å². The molecule has 0 aliphatic rings. The number of aryl methyl sites for hydroxylation is 1. The summed E-state index contributed by atoms with van der Waals surface area (Å²) in [4.78, 5) is 12.3. The molecule has 0 bridgehead atoms. The normalized spacial score (nSPS) is 12.9. The van der Waals surface area contributed by atoms with Gasteiger partial charge < -0.3 is 0 Å². The summed E-state index contributed by atoms with van der Waals surface area (Å²) in [6, 6.07) is 1.54. The maximum Gasteiger partial charge on any atom is 0.433 e. The summed E-state index contributed by atoms with van der Waals surface area (Å²) in [5, 5.41) is 8.06.